The summed E-state index contributed by atoms with van der Waals surface area (Å²) in [6.07, 6.45) is 1.50. The second kappa shape index (κ2) is 13.2. The van der Waals surface area contributed by atoms with Crippen molar-refractivity contribution in [1.82, 2.24) is 30.7 Å². The van der Waals surface area contributed by atoms with E-state index >= 15 is 0 Å². The molecule has 0 unspecified atom stereocenters. The van der Waals surface area contributed by atoms with Crippen LogP contribution in [0.15, 0.2) is 24.3 Å². The maximum Gasteiger partial charge on any atom is 0.412 e. The number of fused-ring (bicyclic) bond motifs is 1. The molecule has 1 aromatic carbocycles. The van der Waals surface area contributed by atoms with Crippen molar-refractivity contribution < 1.29 is 23.9 Å². The van der Waals surface area contributed by atoms with Gasteiger partial charge in [0.05, 0.1) is 18.3 Å². The van der Waals surface area contributed by atoms with Gasteiger partial charge in [0.2, 0.25) is 5.91 Å². The van der Waals surface area contributed by atoms with Crippen LogP contribution in [-0.2, 0) is 22.5 Å². The molecule has 4 N–H and O–H groups in total. The summed E-state index contributed by atoms with van der Waals surface area (Å²) >= 11 is 1.38. The Labute approximate surface area is 243 Å². The van der Waals surface area contributed by atoms with Gasteiger partial charge in [0.1, 0.15) is 5.84 Å². The molecule has 2 aromatic rings. The molecule has 4 amide bonds. The molecule has 2 heterocycles. The Balaban J connectivity index is 1.48. The zero-order valence-electron chi connectivity index (χ0n) is 23.8. The van der Waals surface area contributed by atoms with Crippen molar-refractivity contribution in [3.05, 3.63) is 51.0 Å². The van der Waals surface area contributed by atoms with Gasteiger partial charge in [0.25, 0.3) is 11.8 Å². The number of hydrogen-bond donors (Lipinski definition) is 4. The highest BCUT2D eigenvalue weighted by atomic mass is 32.1. The molecule has 220 valence electrons. The van der Waals surface area contributed by atoms with Crippen molar-refractivity contribution in [2.75, 3.05) is 34.3 Å². The molecule has 3 atom stereocenters. The topological polar surface area (TPSA) is 157 Å². The van der Waals surface area contributed by atoms with E-state index in [1.807, 2.05) is 7.05 Å². The van der Waals surface area contributed by atoms with Crippen LogP contribution in [0.4, 0.5) is 4.79 Å². The highest BCUT2D eigenvalue weighted by Gasteiger charge is 2.37. The second-order valence-electron chi connectivity index (χ2n) is 10.6. The number of amidine groups is 1. The Morgan fingerprint density at radius 2 is 1.85 bits per heavy atom. The molecule has 0 saturated heterocycles. The van der Waals surface area contributed by atoms with E-state index in [2.05, 4.69) is 25.8 Å². The van der Waals surface area contributed by atoms with Crippen LogP contribution in [0.1, 0.15) is 62.5 Å². The van der Waals surface area contributed by atoms with Crippen molar-refractivity contribution in [3.63, 3.8) is 0 Å². The summed E-state index contributed by atoms with van der Waals surface area (Å²) in [6.45, 7) is 3.48. The summed E-state index contributed by atoms with van der Waals surface area (Å²) < 4.78 is 4.82. The van der Waals surface area contributed by atoms with E-state index in [1.165, 1.54) is 17.4 Å². The normalized spacial score (nSPS) is 20.3. The van der Waals surface area contributed by atoms with Gasteiger partial charge in [-0.3, -0.25) is 25.1 Å². The maximum atomic E-state index is 13.3. The molecule has 1 fully saturated rings. The van der Waals surface area contributed by atoms with E-state index in [0.717, 1.165) is 30.1 Å². The molecule has 41 heavy (non-hydrogen) atoms. The number of amides is 4. The molecule has 1 aliphatic heterocycles. The van der Waals surface area contributed by atoms with E-state index in [1.54, 1.807) is 44.1 Å². The van der Waals surface area contributed by atoms with E-state index in [9.17, 15) is 19.2 Å². The molecule has 0 bridgehead atoms. The first kappa shape index (κ1) is 30.1. The van der Waals surface area contributed by atoms with Gasteiger partial charge in [-0.05, 0) is 45.4 Å². The molecule has 13 heteroatoms. The highest BCUT2D eigenvalue weighted by Crippen LogP contribution is 2.28. The van der Waals surface area contributed by atoms with Gasteiger partial charge in [0.15, 0.2) is 5.01 Å². The zero-order chi connectivity index (χ0) is 29.7. The smallest absolute Gasteiger partial charge is 0.412 e. The predicted octanol–water partition coefficient (Wildman–Crippen LogP) is 1.99. The molecule has 1 saturated carbocycles. The van der Waals surface area contributed by atoms with Gasteiger partial charge in [-0.2, -0.15) is 0 Å². The summed E-state index contributed by atoms with van der Waals surface area (Å²) in [6, 6.07) is 5.46. The van der Waals surface area contributed by atoms with E-state index < -0.39 is 18.2 Å². The minimum Gasteiger partial charge on any atom is -0.450 e. The van der Waals surface area contributed by atoms with Gasteiger partial charge in [-0.1, -0.05) is 12.1 Å². The quantitative estimate of drug-likeness (QED) is 0.287. The Bertz CT molecular complexity index is 1330. The molecule has 0 spiro atoms. The van der Waals surface area contributed by atoms with Crippen LogP contribution < -0.4 is 16.0 Å². The predicted molar refractivity (Wildman–Crippen MR) is 154 cm³/mol. The highest BCUT2D eigenvalue weighted by molar-refractivity contribution is 7.13. The first-order chi connectivity index (χ1) is 19.5. The summed E-state index contributed by atoms with van der Waals surface area (Å²) in [5.74, 6) is -1.18. The van der Waals surface area contributed by atoms with Gasteiger partial charge < -0.3 is 25.2 Å². The van der Waals surface area contributed by atoms with Crippen LogP contribution in [0, 0.1) is 11.3 Å². The lowest BCUT2D eigenvalue weighted by Gasteiger charge is -2.37. The second-order valence-corrected chi connectivity index (χ2v) is 11.7. The Hall–Kier alpha value is -3.84. The Morgan fingerprint density at radius 3 is 2.59 bits per heavy atom. The average Bonchev–Trinajstić information content (AvgIpc) is 3.37. The minimum atomic E-state index is -0.747. The molecular formula is C28H37N7O5S. The van der Waals surface area contributed by atoms with Crippen LogP contribution in [0.3, 0.4) is 0 Å². The van der Waals surface area contributed by atoms with Crippen molar-refractivity contribution in [2.24, 2.45) is 5.92 Å². The van der Waals surface area contributed by atoms with E-state index in [-0.39, 0.29) is 36.1 Å². The lowest BCUT2D eigenvalue weighted by atomic mass is 9.81. The van der Waals surface area contributed by atoms with E-state index in [0.29, 0.717) is 35.4 Å². The summed E-state index contributed by atoms with van der Waals surface area (Å²) in [7, 11) is 5.46. The first-order valence-electron chi connectivity index (χ1n) is 13.7. The Morgan fingerprint density at radius 1 is 1.12 bits per heavy atom. The van der Waals surface area contributed by atoms with Crippen LogP contribution in [0.25, 0.3) is 0 Å². The fraction of sp³-hybridized carbons (Fsp3) is 0.500. The largest absolute Gasteiger partial charge is 0.450 e. The van der Waals surface area contributed by atoms with Gasteiger partial charge >= 0.3 is 6.09 Å². The molecule has 0 radical (unpaired) electrons. The standard InChI is InChI=1S/C28H37N7O5S/c1-5-40-28(39)33-23(29)16-7-6-8-17(13-16)24(36)30-19-10-9-18(27(38)34(2)3)14-21(19)31-25(37)26-32-20-11-12-35(4)15-22(20)41-26/h6-8,13,18-19,21H,5,9-12,14-15H2,1-4H3,(H,30,36)(H,31,37)(H2,29,33,39)/t18-,19-,21-/m0/s1. The Kier molecular flexibility index (Phi) is 9.71. The van der Waals surface area contributed by atoms with Gasteiger partial charge in [0, 0.05) is 61.6 Å². The van der Waals surface area contributed by atoms with E-state index in [4.69, 9.17) is 10.1 Å². The molecule has 4 rings (SSSR count). The van der Waals surface area contributed by atoms with Crippen LogP contribution in [0.5, 0.6) is 0 Å². The molecule has 1 aromatic heterocycles. The van der Waals surface area contributed by atoms with Crippen molar-refractivity contribution in [1.29, 1.82) is 5.41 Å². The number of ether oxygens (including phenoxy) is 1. The zero-order valence-corrected chi connectivity index (χ0v) is 24.6. The van der Waals surface area contributed by atoms with Crippen LogP contribution in [0.2, 0.25) is 0 Å². The fourth-order valence-corrected chi connectivity index (χ4v) is 6.24. The fourth-order valence-electron chi connectivity index (χ4n) is 5.15. The molecule has 1 aliphatic carbocycles. The third kappa shape index (κ3) is 7.47. The number of benzene rings is 1. The molecule has 12 nitrogen and oxygen atoms in total. The number of likely N-dealkylation sites (N-methyl/N-ethyl adjacent to an activating group) is 1. The number of aromatic nitrogens is 1. The number of hydrogen-bond acceptors (Lipinski definition) is 9. The first-order valence-corrected chi connectivity index (χ1v) is 14.5. The molecular weight excluding hydrogens is 546 g/mol. The number of rotatable bonds is 7. The molecule has 2 aliphatic rings. The number of nitrogens with zero attached hydrogens (tertiary/aromatic N) is 3. The summed E-state index contributed by atoms with van der Waals surface area (Å²) in [5.41, 5.74) is 1.59. The number of alkyl carbamates (subject to hydrolysis) is 1. The van der Waals surface area contributed by atoms with Crippen molar-refractivity contribution in [2.45, 2.75) is 51.2 Å². The van der Waals surface area contributed by atoms with Gasteiger partial charge in [-0.25, -0.2) is 9.78 Å². The number of nitrogens with one attached hydrogen (secondary N) is 4. The number of carbonyl (C=O) groups is 4. The summed E-state index contributed by atoms with van der Waals surface area (Å²) in [4.78, 5) is 60.5. The van der Waals surface area contributed by atoms with Crippen molar-refractivity contribution in [3.8, 4) is 0 Å². The monoisotopic (exact) mass is 583 g/mol. The summed E-state index contributed by atoms with van der Waals surface area (Å²) in [5, 5.41) is 17.0. The minimum absolute atomic E-state index is 0.0120. The SMILES string of the molecule is CCOC(=O)NC(=N)c1cccc(C(=O)N[C@H]2CC[C@H](C(=O)N(C)C)C[C@@H]2NC(=O)c2nc3c(s2)CN(C)CC3)c1. The van der Waals surface area contributed by atoms with Gasteiger partial charge in [-0.15, -0.1) is 11.3 Å². The third-order valence-corrected chi connectivity index (χ3v) is 8.39. The number of thiazole rings is 1. The lowest BCUT2D eigenvalue weighted by molar-refractivity contribution is -0.134. The van der Waals surface area contributed by atoms with Crippen LogP contribution in [-0.4, -0.2) is 90.8 Å². The van der Waals surface area contributed by atoms with Crippen LogP contribution >= 0.6 is 11.3 Å². The van der Waals surface area contributed by atoms with Crippen molar-refractivity contribution >= 4 is 41.0 Å². The maximum absolute atomic E-state index is 13.3. The third-order valence-electron chi connectivity index (χ3n) is 7.31. The lowest BCUT2D eigenvalue weighted by Crippen LogP contribution is -2.55. The average molecular weight is 584 g/mol. The number of carbonyl (C=O) groups excluding carboxylic acids is 4.